The van der Waals surface area contributed by atoms with Crippen molar-refractivity contribution in [1.82, 2.24) is 15.2 Å². The molecule has 1 fully saturated rings. The first kappa shape index (κ1) is 19.2. The number of aromatic nitrogens is 1. The van der Waals surface area contributed by atoms with Crippen LogP contribution in [0.5, 0.6) is 0 Å². The van der Waals surface area contributed by atoms with E-state index in [2.05, 4.69) is 26.6 Å². The number of hydrogen-bond donors (Lipinski definition) is 2. The Balaban J connectivity index is 1.88. The monoisotopic (exact) mass is 343 g/mol. The van der Waals surface area contributed by atoms with E-state index in [4.69, 9.17) is 0 Å². The van der Waals surface area contributed by atoms with Gasteiger partial charge in [0, 0.05) is 18.3 Å². The van der Waals surface area contributed by atoms with Crippen molar-refractivity contribution in [1.29, 1.82) is 5.26 Å². The Hall–Kier alpha value is -2.13. The summed E-state index contributed by atoms with van der Waals surface area (Å²) in [5, 5.41) is 15.6. The zero-order chi connectivity index (χ0) is 18.4. The van der Waals surface area contributed by atoms with Crippen molar-refractivity contribution in [3.05, 3.63) is 23.9 Å². The van der Waals surface area contributed by atoms with E-state index >= 15 is 0 Å². The summed E-state index contributed by atoms with van der Waals surface area (Å²) in [4.78, 5) is 19.1. The van der Waals surface area contributed by atoms with E-state index in [0.29, 0.717) is 12.6 Å². The Morgan fingerprint density at radius 1 is 1.52 bits per heavy atom. The summed E-state index contributed by atoms with van der Waals surface area (Å²) in [6.45, 7) is 9.65. The lowest BCUT2D eigenvalue weighted by atomic mass is 9.90. The minimum absolute atomic E-state index is 0.0601. The van der Waals surface area contributed by atoms with E-state index < -0.39 is 5.54 Å². The third kappa shape index (κ3) is 5.17. The molecule has 25 heavy (non-hydrogen) atoms. The molecule has 0 aliphatic carbocycles. The van der Waals surface area contributed by atoms with Gasteiger partial charge < -0.3 is 10.6 Å². The van der Waals surface area contributed by atoms with Crippen LogP contribution in [0.15, 0.2) is 18.2 Å². The second kappa shape index (κ2) is 8.30. The number of aryl methyl sites for hydroxylation is 1. The molecule has 0 unspecified atom stereocenters. The lowest BCUT2D eigenvalue weighted by Crippen LogP contribution is -2.52. The number of pyridine rings is 1. The van der Waals surface area contributed by atoms with Crippen molar-refractivity contribution in [2.24, 2.45) is 5.92 Å². The van der Waals surface area contributed by atoms with Crippen LogP contribution in [0.1, 0.15) is 39.3 Å². The van der Waals surface area contributed by atoms with Crippen molar-refractivity contribution >= 4 is 11.7 Å². The summed E-state index contributed by atoms with van der Waals surface area (Å²) >= 11 is 0. The van der Waals surface area contributed by atoms with Gasteiger partial charge in [-0.1, -0.05) is 19.9 Å². The van der Waals surface area contributed by atoms with Crippen molar-refractivity contribution in [2.75, 3.05) is 25.0 Å². The second-order valence-electron chi connectivity index (χ2n) is 7.33. The molecule has 6 nitrogen and oxygen atoms in total. The SMILES string of the molecule is Cc1cccc(NC[C@@H]2CCCN2CC(=O)N[C@](C)(C#N)C(C)C)n1. The van der Waals surface area contributed by atoms with Crippen molar-refractivity contribution in [3.8, 4) is 6.07 Å². The molecule has 1 aromatic rings. The molecule has 136 valence electrons. The summed E-state index contributed by atoms with van der Waals surface area (Å²) in [5.74, 6) is 0.844. The number of carbonyl (C=O) groups is 1. The zero-order valence-corrected chi connectivity index (χ0v) is 15.7. The van der Waals surface area contributed by atoms with Crippen molar-refractivity contribution < 1.29 is 4.79 Å². The number of anilines is 1. The molecule has 1 aliphatic heterocycles. The normalized spacial score (nSPS) is 20.1. The molecule has 1 saturated heterocycles. The molecule has 0 saturated carbocycles. The topological polar surface area (TPSA) is 81.0 Å². The molecule has 0 bridgehead atoms. The van der Waals surface area contributed by atoms with Crippen LogP contribution in [0.4, 0.5) is 5.82 Å². The van der Waals surface area contributed by atoms with Gasteiger partial charge in [-0.25, -0.2) is 4.98 Å². The van der Waals surface area contributed by atoms with Gasteiger partial charge in [0.25, 0.3) is 0 Å². The van der Waals surface area contributed by atoms with Gasteiger partial charge in [0.1, 0.15) is 11.4 Å². The Morgan fingerprint density at radius 3 is 2.92 bits per heavy atom. The molecule has 1 aromatic heterocycles. The zero-order valence-electron chi connectivity index (χ0n) is 15.7. The van der Waals surface area contributed by atoms with Crippen LogP contribution < -0.4 is 10.6 Å². The van der Waals surface area contributed by atoms with Crippen LogP contribution in [0.25, 0.3) is 0 Å². The van der Waals surface area contributed by atoms with Crippen LogP contribution in [0.2, 0.25) is 0 Å². The largest absolute Gasteiger partial charge is 0.368 e. The minimum Gasteiger partial charge on any atom is -0.368 e. The van der Waals surface area contributed by atoms with Crippen molar-refractivity contribution in [3.63, 3.8) is 0 Å². The van der Waals surface area contributed by atoms with Gasteiger partial charge >= 0.3 is 0 Å². The third-order valence-electron chi connectivity index (χ3n) is 5.04. The molecule has 2 N–H and O–H groups in total. The summed E-state index contributed by atoms with van der Waals surface area (Å²) < 4.78 is 0. The lowest BCUT2D eigenvalue weighted by molar-refractivity contribution is -0.124. The fraction of sp³-hybridized carbons (Fsp3) is 0.632. The van der Waals surface area contributed by atoms with Crippen LogP contribution in [-0.2, 0) is 4.79 Å². The van der Waals surface area contributed by atoms with Crippen LogP contribution >= 0.6 is 0 Å². The molecular formula is C19H29N5O. The first-order chi connectivity index (χ1) is 11.8. The summed E-state index contributed by atoms with van der Waals surface area (Å²) in [6.07, 6.45) is 2.15. The smallest absolute Gasteiger partial charge is 0.235 e. The van der Waals surface area contributed by atoms with E-state index in [1.165, 1.54) is 0 Å². The fourth-order valence-corrected chi connectivity index (χ4v) is 3.01. The Kier molecular flexibility index (Phi) is 6.38. The van der Waals surface area contributed by atoms with Gasteiger partial charge in [0.05, 0.1) is 12.6 Å². The van der Waals surface area contributed by atoms with Crippen LogP contribution in [0, 0.1) is 24.2 Å². The molecule has 2 heterocycles. The highest BCUT2D eigenvalue weighted by Gasteiger charge is 2.32. The number of rotatable bonds is 7. The predicted octanol–water partition coefficient (Wildman–Crippen LogP) is 2.32. The molecule has 1 aliphatic rings. The molecule has 0 radical (unpaired) electrons. The highest BCUT2D eigenvalue weighted by molar-refractivity contribution is 5.79. The van der Waals surface area contributed by atoms with E-state index in [0.717, 1.165) is 37.4 Å². The lowest BCUT2D eigenvalue weighted by Gasteiger charge is -2.30. The van der Waals surface area contributed by atoms with E-state index in [-0.39, 0.29) is 11.8 Å². The summed E-state index contributed by atoms with van der Waals surface area (Å²) in [7, 11) is 0. The number of nitrogens with one attached hydrogen (secondary N) is 2. The molecular weight excluding hydrogens is 314 g/mol. The number of nitriles is 1. The Bertz CT molecular complexity index is 639. The average Bonchev–Trinajstić information content (AvgIpc) is 2.99. The second-order valence-corrected chi connectivity index (χ2v) is 7.33. The minimum atomic E-state index is -0.823. The van der Waals surface area contributed by atoms with Crippen molar-refractivity contribution in [2.45, 2.75) is 52.1 Å². The molecule has 2 atom stereocenters. The summed E-state index contributed by atoms with van der Waals surface area (Å²) in [5.41, 5.74) is 0.160. The molecule has 1 amide bonds. The molecule has 0 aromatic carbocycles. The first-order valence-corrected chi connectivity index (χ1v) is 8.98. The van der Waals surface area contributed by atoms with Gasteiger partial charge in [0.2, 0.25) is 5.91 Å². The summed E-state index contributed by atoms with van der Waals surface area (Å²) in [6, 6.07) is 8.45. The number of likely N-dealkylation sites (tertiary alicyclic amines) is 1. The molecule has 2 rings (SSSR count). The highest BCUT2D eigenvalue weighted by atomic mass is 16.2. The maximum Gasteiger partial charge on any atom is 0.235 e. The Morgan fingerprint density at radius 2 is 2.28 bits per heavy atom. The van der Waals surface area contributed by atoms with E-state index in [1.54, 1.807) is 6.92 Å². The van der Waals surface area contributed by atoms with Gasteiger partial charge in [-0.05, 0) is 51.3 Å². The maximum absolute atomic E-state index is 12.4. The number of hydrogen-bond acceptors (Lipinski definition) is 5. The van der Waals surface area contributed by atoms with E-state index in [1.807, 2.05) is 39.0 Å². The van der Waals surface area contributed by atoms with Crippen LogP contribution in [0.3, 0.4) is 0 Å². The molecule has 0 spiro atoms. The third-order valence-corrected chi connectivity index (χ3v) is 5.04. The fourth-order valence-electron chi connectivity index (χ4n) is 3.01. The first-order valence-electron chi connectivity index (χ1n) is 8.98. The maximum atomic E-state index is 12.4. The van der Waals surface area contributed by atoms with E-state index in [9.17, 15) is 10.1 Å². The average molecular weight is 343 g/mol. The Labute approximate surface area is 150 Å². The quantitative estimate of drug-likeness (QED) is 0.794. The number of nitrogens with zero attached hydrogens (tertiary/aromatic N) is 3. The van der Waals surface area contributed by atoms with Gasteiger partial charge in [-0.3, -0.25) is 9.69 Å². The number of carbonyl (C=O) groups excluding carboxylic acids is 1. The molecule has 6 heteroatoms. The predicted molar refractivity (Wildman–Crippen MR) is 99.1 cm³/mol. The van der Waals surface area contributed by atoms with Gasteiger partial charge in [-0.2, -0.15) is 5.26 Å². The van der Waals surface area contributed by atoms with Crippen LogP contribution in [-0.4, -0.2) is 47.0 Å². The standard InChI is InChI=1S/C19H29N5O/c1-14(2)19(4,13-20)23-18(25)12-24-10-6-8-16(24)11-21-17-9-5-7-15(3)22-17/h5,7,9,14,16H,6,8,10-12H2,1-4H3,(H,21,22)(H,23,25)/t16-,19+/m0/s1. The highest BCUT2D eigenvalue weighted by Crippen LogP contribution is 2.19. The number of amides is 1. The van der Waals surface area contributed by atoms with Gasteiger partial charge in [0.15, 0.2) is 0 Å². The van der Waals surface area contributed by atoms with Gasteiger partial charge in [-0.15, -0.1) is 0 Å².